The lowest BCUT2D eigenvalue weighted by molar-refractivity contribution is -0.124. The molecule has 0 radical (unpaired) electrons. The molecule has 0 aliphatic heterocycles. The highest BCUT2D eigenvalue weighted by atomic mass is 79.9. The van der Waals surface area contributed by atoms with E-state index >= 15 is 0 Å². The quantitative estimate of drug-likeness (QED) is 0.897. The van der Waals surface area contributed by atoms with Crippen LogP contribution in [-0.4, -0.2) is 25.5 Å². The molecule has 1 N–H and O–H groups in total. The average molecular weight is 354 g/mol. The molecule has 0 aliphatic carbocycles. The summed E-state index contributed by atoms with van der Waals surface area (Å²) in [7, 11) is 0. The van der Waals surface area contributed by atoms with Crippen molar-refractivity contribution in [2.75, 3.05) is 0 Å². The Bertz CT molecular complexity index is 646. The van der Waals surface area contributed by atoms with E-state index < -0.39 is 0 Å². The molecular formula is C14H20BrN5O. The molecule has 1 amide bonds. The molecule has 0 aliphatic rings. The first-order valence-corrected chi connectivity index (χ1v) is 7.74. The highest BCUT2D eigenvalue weighted by Gasteiger charge is 2.20. The van der Waals surface area contributed by atoms with Crippen molar-refractivity contribution in [2.24, 2.45) is 0 Å². The Morgan fingerprint density at radius 1 is 1.48 bits per heavy atom. The van der Waals surface area contributed by atoms with E-state index in [-0.39, 0.29) is 11.9 Å². The lowest BCUT2D eigenvalue weighted by atomic mass is 10.3. The zero-order valence-electron chi connectivity index (χ0n) is 12.7. The molecule has 2 heterocycles. The van der Waals surface area contributed by atoms with Gasteiger partial charge in [-0.25, -0.2) is 0 Å². The number of aromatic nitrogens is 4. The fraction of sp³-hybridized carbons (Fsp3) is 0.500. The summed E-state index contributed by atoms with van der Waals surface area (Å²) in [6.45, 7) is 8.99. The van der Waals surface area contributed by atoms with Gasteiger partial charge in [-0.3, -0.25) is 14.2 Å². The number of carbonyl (C=O) groups is 1. The van der Waals surface area contributed by atoms with Gasteiger partial charge in [-0.2, -0.15) is 10.2 Å². The van der Waals surface area contributed by atoms with Crippen LogP contribution in [0.3, 0.4) is 0 Å². The molecule has 1 atom stereocenters. The van der Waals surface area contributed by atoms with Gasteiger partial charge in [-0.15, -0.1) is 0 Å². The summed E-state index contributed by atoms with van der Waals surface area (Å²) in [5.41, 5.74) is 2.83. The molecule has 0 saturated carbocycles. The Kier molecular flexibility index (Phi) is 4.82. The smallest absolute Gasteiger partial charge is 0.244 e. The van der Waals surface area contributed by atoms with Crippen molar-refractivity contribution in [3.05, 3.63) is 33.8 Å². The van der Waals surface area contributed by atoms with Gasteiger partial charge < -0.3 is 5.32 Å². The molecule has 21 heavy (non-hydrogen) atoms. The third kappa shape index (κ3) is 3.18. The molecule has 0 spiro atoms. The minimum Gasteiger partial charge on any atom is -0.349 e. The Morgan fingerprint density at radius 2 is 2.19 bits per heavy atom. The van der Waals surface area contributed by atoms with Crippen molar-refractivity contribution in [3.63, 3.8) is 0 Å². The highest BCUT2D eigenvalue weighted by Crippen LogP contribution is 2.22. The zero-order valence-corrected chi connectivity index (χ0v) is 14.3. The van der Waals surface area contributed by atoms with Crippen LogP contribution in [-0.2, 0) is 17.9 Å². The van der Waals surface area contributed by atoms with E-state index in [1.54, 1.807) is 10.9 Å². The first-order valence-electron chi connectivity index (χ1n) is 6.95. The standard InChI is InChI=1S/C14H20BrN5O/c1-5-19-12(6-7-17-19)8-16-14(21)11(4)20-10(3)13(15)9(2)18-20/h6-7,11H,5,8H2,1-4H3,(H,16,21). The van der Waals surface area contributed by atoms with Crippen LogP contribution in [0.15, 0.2) is 16.7 Å². The van der Waals surface area contributed by atoms with Crippen LogP contribution in [0.5, 0.6) is 0 Å². The normalized spacial score (nSPS) is 12.4. The van der Waals surface area contributed by atoms with Gasteiger partial charge in [-0.05, 0) is 49.7 Å². The predicted molar refractivity (Wildman–Crippen MR) is 83.9 cm³/mol. The molecule has 2 aromatic heterocycles. The first kappa shape index (κ1) is 15.8. The second-order valence-electron chi connectivity index (χ2n) is 4.96. The predicted octanol–water partition coefficient (Wildman–Crippen LogP) is 2.36. The third-order valence-corrected chi connectivity index (χ3v) is 4.68. The van der Waals surface area contributed by atoms with E-state index in [0.29, 0.717) is 6.54 Å². The summed E-state index contributed by atoms with van der Waals surface area (Å²) in [6.07, 6.45) is 1.74. The van der Waals surface area contributed by atoms with E-state index in [2.05, 4.69) is 31.4 Å². The molecule has 114 valence electrons. The van der Waals surface area contributed by atoms with E-state index in [1.165, 1.54) is 0 Å². The second-order valence-corrected chi connectivity index (χ2v) is 5.75. The second kappa shape index (κ2) is 6.43. The number of amides is 1. The number of aryl methyl sites for hydroxylation is 2. The fourth-order valence-corrected chi connectivity index (χ4v) is 2.51. The van der Waals surface area contributed by atoms with Crippen LogP contribution in [0.2, 0.25) is 0 Å². The monoisotopic (exact) mass is 353 g/mol. The zero-order chi connectivity index (χ0) is 15.6. The summed E-state index contributed by atoms with van der Waals surface area (Å²) >= 11 is 3.48. The number of rotatable bonds is 5. The van der Waals surface area contributed by atoms with Crippen molar-refractivity contribution >= 4 is 21.8 Å². The van der Waals surface area contributed by atoms with Crippen molar-refractivity contribution in [1.29, 1.82) is 0 Å². The van der Waals surface area contributed by atoms with Crippen LogP contribution in [0, 0.1) is 13.8 Å². The Morgan fingerprint density at radius 3 is 2.76 bits per heavy atom. The van der Waals surface area contributed by atoms with Crippen molar-refractivity contribution in [1.82, 2.24) is 24.9 Å². The molecule has 0 saturated heterocycles. The van der Waals surface area contributed by atoms with Crippen molar-refractivity contribution in [2.45, 2.75) is 46.8 Å². The third-order valence-electron chi connectivity index (χ3n) is 3.53. The summed E-state index contributed by atoms with van der Waals surface area (Å²) in [5.74, 6) is -0.0584. The number of nitrogens with one attached hydrogen (secondary N) is 1. The Balaban J connectivity index is 2.04. The van der Waals surface area contributed by atoms with Crippen molar-refractivity contribution in [3.8, 4) is 0 Å². The van der Waals surface area contributed by atoms with E-state index in [9.17, 15) is 4.79 Å². The summed E-state index contributed by atoms with van der Waals surface area (Å²) in [6, 6.07) is 1.56. The molecular weight excluding hydrogens is 334 g/mol. The molecule has 7 heteroatoms. The topological polar surface area (TPSA) is 64.7 Å². The number of nitrogens with zero attached hydrogens (tertiary/aromatic N) is 4. The maximum atomic E-state index is 12.3. The maximum Gasteiger partial charge on any atom is 0.244 e. The highest BCUT2D eigenvalue weighted by molar-refractivity contribution is 9.10. The van der Waals surface area contributed by atoms with Gasteiger partial charge in [0.25, 0.3) is 0 Å². The lowest BCUT2D eigenvalue weighted by Crippen LogP contribution is -2.32. The first-order chi connectivity index (χ1) is 9.95. The van der Waals surface area contributed by atoms with Crippen LogP contribution in [0.4, 0.5) is 0 Å². The van der Waals surface area contributed by atoms with Gasteiger partial charge in [-0.1, -0.05) is 0 Å². The molecule has 0 aromatic carbocycles. The van der Waals surface area contributed by atoms with Gasteiger partial charge in [0.05, 0.1) is 28.1 Å². The van der Waals surface area contributed by atoms with E-state index in [1.807, 2.05) is 38.4 Å². The average Bonchev–Trinajstić information content (AvgIpc) is 3.03. The van der Waals surface area contributed by atoms with Crippen molar-refractivity contribution < 1.29 is 4.79 Å². The minimum atomic E-state index is -0.354. The summed E-state index contributed by atoms with van der Waals surface area (Å²) < 4.78 is 4.56. The summed E-state index contributed by atoms with van der Waals surface area (Å²) in [5, 5.41) is 11.5. The number of hydrogen-bond donors (Lipinski definition) is 1. The molecule has 0 fully saturated rings. The Labute approximate surface area is 132 Å². The van der Waals surface area contributed by atoms with E-state index in [4.69, 9.17) is 0 Å². The molecule has 0 bridgehead atoms. The maximum absolute atomic E-state index is 12.3. The molecule has 1 unspecified atom stereocenters. The minimum absolute atomic E-state index is 0.0584. The van der Waals surface area contributed by atoms with Crippen LogP contribution < -0.4 is 5.32 Å². The van der Waals surface area contributed by atoms with Gasteiger partial charge in [0, 0.05) is 12.7 Å². The van der Waals surface area contributed by atoms with Crippen LogP contribution in [0.25, 0.3) is 0 Å². The van der Waals surface area contributed by atoms with Gasteiger partial charge in [0.15, 0.2) is 0 Å². The van der Waals surface area contributed by atoms with Crippen LogP contribution >= 0.6 is 15.9 Å². The van der Waals surface area contributed by atoms with E-state index in [0.717, 1.165) is 28.1 Å². The number of hydrogen-bond acceptors (Lipinski definition) is 3. The number of carbonyl (C=O) groups excluding carboxylic acids is 1. The lowest BCUT2D eigenvalue weighted by Gasteiger charge is -2.15. The Hall–Kier alpha value is -1.63. The fourth-order valence-electron chi connectivity index (χ4n) is 2.25. The summed E-state index contributed by atoms with van der Waals surface area (Å²) in [4.78, 5) is 12.3. The molecule has 6 nitrogen and oxygen atoms in total. The molecule has 2 aromatic rings. The van der Waals surface area contributed by atoms with Gasteiger partial charge >= 0.3 is 0 Å². The van der Waals surface area contributed by atoms with Gasteiger partial charge in [0.2, 0.25) is 5.91 Å². The SMILES string of the molecule is CCn1nccc1CNC(=O)C(C)n1nc(C)c(Br)c1C. The van der Waals surface area contributed by atoms with Gasteiger partial charge in [0.1, 0.15) is 6.04 Å². The largest absolute Gasteiger partial charge is 0.349 e. The molecule has 2 rings (SSSR count). The van der Waals surface area contributed by atoms with Crippen LogP contribution in [0.1, 0.15) is 37.0 Å². The number of halogens is 1.